The van der Waals surface area contributed by atoms with Gasteiger partial charge >= 0.3 is 0 Å². The molecule has 4 aromatic heterocycles. The largest absolute Gasteiger partial charge is 0.316 e. The van der Waals surface area contributed by atoms with Crippen LogP contribution in [0.3, 0.4) is 0 Å². The Balaban J connectivity index is 1.15. The molecule has 0 spiro atoms. The van der Waals surface area contributed by atoms with E-state index in [9.17, 15) is 0 Å². The van der Waals surface area contributed by atoms with Gasteiger partial charge in [0, 0.05) is 66.9 Å². The molecule has 0 aliphatic heterocycles. The topological polar surface area (TPSA) is 53.5 Å². The van der Waals surface area contributed by atoms with Gasteiger partial charge in [-0.2, -0.15) is 0 Å². The first-order valence-corrected chi connectivity index (χ1v) is 19.9. The molecular weight excluding hydrogens is 721 g/mol. The SMILES string of the molecule is c1ccc(-c2nc(-c3ccccc3)nc(-c3cccc(-n4c5cc6c7ccccc7n(-c7ccccc7)c6cc5c5ccc6c(ccn6-c6ccccc6)c54)c3)n2)cc1. The lowest BCUT2D eigenvalue weighted by Gasteiger charge is -2.12. The van der Waals surface area contributed by atoms with Crippen molar-refractivity contribution in [1.29, 1.82) is 0 Å². The van der Waals surface area contributed by atoms with Crippen LogP contribution in [0.15, 0.2) is 206 Å². The summed E-state index contributed by atoms with van der Waals surface area (Å²) in [4.78, 5) is 15.2. The fourth-order valence-electron chi connectivity index (χ4n) is 8.84. The first kappa shape index (κ1) is 33.1. The van der Waals surface area contributed by atoms with E-state index in [1.807, 2.05) is 60.7 Å². The standard InChI is InChI=1S/C53H34N6/c1-5-16-35(17-6-1)51-54-52(36-18-7-2-8-19-36)56-53(55-51)37-20-15-25-40(32-37)59-49-33-44-41-26-13-14-27-47(41)58(39-23-11-4-12-24-39)48(44)34-45(49)42-28-29-46-43(50(42)59)30-31-57(46)38-21-9-3-10-22-38/h1-34H. The second-order valence-electron chi connectivity index (χ2n) is 14.9. The molecule has 0 saturated heterocycles. The zero-order valence-electron chi connectivity index (χ0n) is 31.8. The maximum Gasteiger partial charge on any atom is 0.164 e. The van der Waals surface area contributed by atoms with Crippen LogP contribution < -0.4 is 0 Å². The third-order valence-corrected chi connectivity index (χ3v) is 11.5. The maximum atomic E-state index is 5.10. The lowest BCUT2D eigenvalue weighted by atomic mass is 10.1. The van der Waals surface area contributed by atoms with Gasteiger partial charge in [0.2, 0.25) is 0 Å². The monoisotopic (exact) mass is 754 g/mol. The number of aromatic nitrogens is 6. The van der Waals surface area contributed by atoms with Crippen molar-refractivity contribution in [3.05, 3.63) is 206 Å². The van der Waals surface area contributed by atoms with Gasteiger partial charge in [0.05, 0.1) is 27.6 Å². The molecule has 8 aromatic carbocycles. The first-order chi connectivity index (χ1) is 29.3. The summed E-state index contributed by atoms with van der Waals surface area (Å²) in [5, 5.41) is 5.96. The molecule has 0 saturated carbocycles. The summed E-state index contributed by atoms with van der Waals surface area (Å²) in [7, 11) is 0. The minimum atomic E-state index is 0.619. The summed E-state index contributed by atoms with van der Waals surface area (Å²) in [5.41, 5.74) is 11.9. The first-order valence-electron chi connectivity index (χ1n) is 19.9. The van der Waals surface area contributed by atoms with Crippen LogP contribution in [0.25, 0.3) is 106 Å². The second-order valence-corrected chi connectivity index (χ2v) is 14.9. The highest BCUT2D eigenvalue weighted by Crippen LogP contribution is 2.42. The summed E-state index contributed by atoms with van der Waals surface area (Å²) in [5.74, 6) is 1.89. The van der Waals surface area contributed by atoms with Gasteiger partial charge in [-0.25, -0.2) is 15.0 Å². The van der Waals surface area contributed by atoms with Crippen molar-refractivity contribution in [3.8, 4) is 51.2 Å². The van der Waals surface area contributed by atoms with Gasteiger partial charge in [-0.15, -0.1) is 0 Å². The Morgan fingerprint density at radius 2 is 0.814 bits per heavy atom. The molecule has 0 unspecified atom stereocenters. The Bertz CT molecular complexity index is 3470. The molecule has 6 heteroatoms. The fraction of sp³-hybridized carbons (Fsp3) is 0. The molecule has 0 N–H and O–H groups in total. The van der Waals surface area contributed by atoms with E-state index in [1.165, 1.54) is 38.0 Å². The zero-order valence-corrected chi connectivity index (χ0v) is 31.8. The Kier molecular flexibility index (Phi) is 7.43. The van der Waals surface area contributed by atoms with Crippen molar-refractivity contribution >= 4 is 54.5 Å². The zero-order chi connectivity index (χ0) is 38.9. The van der Waals surface area contributed by atoms with Crippen LogP contribution in [0.4, 0.5) is 0 Å². The van der Waals surface area contributed by atoms with Crippen LogP contribution in [0.2, 0.25) is 0 Å². The van der Waals surface area contributed by atoms with E-state index >= 15 is 0 Å². The van der Waals surface area contributed by atoms with Crippen molar-refractivity contribution in [3.63, 3.8) is 0 Å². The van der Waals surface area contributed by atoms with Gasteiger partial charge in [0.1, 0.15) is 0 Å². The lowest BCUT2D eigenvalue weighted by Crippen LogP contribution is -2.01. The summed E-state index contributed by atoms with van der Waals surface area (Å²) in [6.45, 7) is 0. The van der Waals surface area contributed by atoms with Crippen molar-refractivity contribution < 1.29 is 0 Å². The van der Waals surface area contributed by atoms with E-state index < -0.39 is 0 Å². The summed E-state index contributed by atoms with van der Waals surface area (Å²) in [6, 6.07) is 70.5. The van der Waals surface area contributed by atoms with Crippen LogP contribution in [0, 0.1) is 0 Å². The van der Waals surface area contributed by atoms with Crippen molar-refractivity contribution in [2.45, 2.75) is 0 Å². The molecule has 0 aliphatic rings. The van der Waals surface area contributed by atoms with E-state index in [0.717, 1.165) is 50.3 Å². The van der Waals surface area contributed by atoms with Gasteiger partial charge in [0.25, 0.3) is 0 Å². The number of nitrogens with zero attached hydrogens (tertiary/aromatic N) is 6. The van der Waals surface area contributed by atoms with Crippen LogP contribution in [-0.2, 0) is 0 Å². The predicted octanol–water partition coefficient (Wildman–Crippen LogP) is 13.0. The van der Waals surface area contributed by atoms with Crippen LogP contribution in [0.5, 0.6) is 0 Å². The molecule has 6 nitrogen and oxygen atoms in total. The number of para-hydroxylation sites is 3. The Labute approximate surface area is 339 Å². The van der Waals surface area contributed by atoms with Crippen LogP contribution in [0.1, 0.15) is 0 Å². The van der Waals surface area contributed by atoms with Crippen LogP contribution in [-0.4, -0.2) is 28.7 Å². The molecule has 59 heavy (non-hydrogen) atoms. The molecule has 0 radical (unpaired) electrons. The van der Waals surface area contributed by atoms with Crippen molar-refractivity contribution in [2.24, 2.45) is 0 Å². The Morgan fingerprint density at radius 3 is 1.49 bits per heavy atom. The number of fused-ring (bicyclic) bond motifs is 8. The Morgan fingerprint density at radius 1 is 0.288 bits per heavy atom. The molecule has 0 bridgehead atoms. The molecule has 0 atom stereocenters. The molecular formula is C53H34N6. The minimum absolute atomic E-state index is 0.619. The predicted molar refractivity (Wildman–Crippen MR) is 242 cm³/mol. The molecule has 0 aliphatic carbocycles. The van der Waals surface area contributed by atoms with Gasteiger partial charge in [-0.3, -0.25) is 0 Å². The van der Waals surface area contributed by atoms with Crippen LogP contribution >= 0.6 is 0 Å². The average Bonchev–Trinajstić information content (AvgIpc) is 3.99. The summed E-state index contributed by atoms with van der Waals surface area (Å²) in [6.07, 6.45) is 2.19. The second kappa shape index (κ2) is 13.3. The number of hydrogen-bond acceptors (Lipinski definition) is 3. The van der Waals surface area contributed by atoms with E-state index in [4.69, 9.17) is 15.0 Å². The molecule has 276 valence electrons. The summed E-state index contributed by atoms with van der Waals surface area (Å²) < 4.78 is 7.12. The molecule has 0 amide bonds. The number of rotatable bonds is 6. The Hall–Kier alpha value is -8.09. The van der Waals surface area contributed by atoms with Gasteiger partial charge < -0.3 is 13.7 Å². The quantitative estimate of drug-likeness (QED) is 0.170. The molecule has 12 rings (SSSR count). The van der Waals surface area contributed by atoms with Gasteiger partial charge in [0.15, 0.2) is 17.5 Å². The van der Waals surface area contributed by atoms with Crippen molar-refractivity contribution in [1.82, 2.24) is 28.7 Å². The molecule has 12 aromatic rings. The van der Waals surface area contributed by atoms with E-state index in [-0.39, 0.29) is 0 Å². The third-order valence-electron chi connectivity index (χ3n) is 11.5. The van der Waals surface area contributed by atoms with E-state index in [0.29, 0.717) is 17.5 Å². The summed E-state index contributed by atoms with van der Waals surface area (Å²) >= 11 is 0. The van der Waals surface area contributed by atoms with Gasteiger partial charge in [-0.1, -0.05) is 133 Å². The average molecular weight is 755 g/mol. The smallest absolute Gasteiger partial charge is 0.164 e. The molecule has 0 fully saturated rings. The highest BCUT2D eigenvalue weighted by molar-refractivity contribution is 6.23. The lowest BCUT2D eigenvalue weighted by molar-refractivity contribution is 1.07. The number of benzene rings is 8. The van der Waals surface area contributed by atoms with Gasteiger partial charge in [-0.05, 0) is 66.7 Å². The van der Waals surface area contributed by atoms with E-state index in [2.05, 4.69) is 159 Å². The fourth-order valence-corrected chi connectivity index (χ4v) is 8.84. The minimum Gasteiger partial charge on any atom is -0.316 e. The maximum absolute atomic E-state index is 5.10. The molecule has 4 heterocycles. The normalized spacial score (nSPS) is 11.7. The number of hydrogen-bond donors (Lipinski definition) is 0. The van der Waals surface area contributed by atoms with E-state index in [1.54, 1.807) is 0 Å². The van der Waals surface area contributed by atoms with Crippen molar-refractivity contribution in [2.75, 3.05) is 0 Å². The highest BCUT2D eigenvalue weighted by atomic mass is 15.0. The third kappa shape index (κ3) is 5.31. The highest BCUT2D eigenvalue weighted by Gasteiger charge is 2.22.